The van der Waals surface area contributed by atoms with Crippen LogP contribution in [0, 0.1) is 30.6 Å². The predicted molar refractivity (Wildman–Crippen MR) is 163 cm³/mol. The monoisotopic (exact) mass is 607 g/mol. The molecule has 2 aliphatic heterocycles. The Bertz CT molecular complexity index is 1550. The Labute approximate surface area is 257 Å². The third kappa shape index (κ3) is 5.99. The van der Waals surface area contributed by atoms with E-state index >= 15 is 0 Å². The number of carbonyl (C=O) groups excluding carboxylic acids is 1. The number of benzene rings is 1. The lowest BCUT2D eigenvalue weighted by molar-refractivity contribution is 0.0621. The van der Waals surface area contributed by atoms with E-state index in [1.54, 1.807) is 34.8 Å². The van der Waals surface area contributed by atoms with Crippen LogP contribution < -0.4 is 9.64 Å². The summed E-state index contributed by atoms with van der Waals surface area (Å²) >= 11 is 6.72. The molecule has 2 fully saturated rings. The molecule has 0 aliphatic carbocycles. The van der Waals surface area contributed by atoms with Crippen LogP contribution in [0.25, 0.3) is 22.8 Å². The molecule has 2 saturated heterocycles. The highest BCUT2D eigenvalue weighted by molar-refractivity contribution is 6.33. The van der Waals surface area contributed by atoms with Crippen molar-refractivity contribution in [1.82, 2.24) is 24.6 Å². The van der Waals surface area contributed by atoms with Gasteiger partial charge in [-0.2, -0.15) is 10.4 Å². The van der Waals surface area contributed by atoms with Crippen molar-refractivity contribution in [2.45, 2.75) is 52.6 Å². The zero-order chi connectivity index (χ0) is 30.9. The lowest BCUT2D eigenvalue weighted by atomic mass is 9.72. The molecule has 2 aliphatic rings. The Morgan fingerprint density at radius 2 is 1.93 bits per heavy atom. The van der Waals surface area contributed by atoms with Gasteiger partial charge in [0.15, 0.2) is 11.5 Å². The van der Waals surface area contributed by atoms with Gasteiger partial charge < -0.3 is 24.4 Å². The third-order valence-corrected chi connectivity index (χ3v) is 8.92. The Kier molecular flexibility index (Phi) is 8.81. The number of aromatic nitrogens is 4. The fraction of sp³-hybridized carbons (Fsp3) is 0.516. The Morgan fingerprint density at radius 1 is 1.21 bits per heavy atom. The predicted octanol–water partition coefficient (Wildman–Crippen LogP) is 4.89. The second-order valence-electron chi connectivity index (χ2n) is 11.6. The molecule has 0 bridgehead atoms. The highest BCUT2D eigenvalue weighted by Crippen LogP contribution is 2.45. The number of amides is 1. The highest BCUT2D eigenvalue weighted by Gasteiger charge is 2.47. The molecule has 1 atom stereocenters. The summed E-state index contributed by atoms with van der Waals surface area (Å²) in [6, 6.07) is 7.49. The Hall–Kier alpha value is -3.88. The third-order valence-electron chi connectivity index (χ3n) is 8.59. The van der Waals surface area contributed by atoms with Gasteiger partial charge in [0.25, 0.3) is 0 Å². The molecule has 0 saturated carbocycles. The van der Waals surface area contributed by atoms with Gasteiger partial charge in [0.05, 0.1) is 29.6 Å². The zero-order valence-corrected chi connectivity index (χ0v) is 26.1. The van der Waals surface area contributed by atoms with Crippen molar-refractivity contribution in [1.29, 1.82) is 5.26 Å². The quantitative estimate of drug-likeness (QED) is 0.380. The number of carbonyl (C=O) groups is 1. The fourth-order valence-electron chi connectivity index (χ4n) is 6.13. The van der Waals surface area contributed by atoms with Crippen LogP contribution in [0.3, 0.4) is 0 Å². The minimum absolute atomic E-state index is 0.101. The summed E-state index contributed by atoms with van der Waals surface area (Å²) in [6.07, 6.45) is 2.47. The number of ether oxygens (including phenoxy) is 2. The number of anilines is 1. The normalized spacial score (nSPS) is 16.5. The molecule has 12 heteroatoms. The molecule has 11 nitrogen and oxygen atoms in total. The first-order chi connectivity index (χ1) is 20.6. The minimum atomic E-state index is -0.557. The minimum Gasteiger partial charge on any atom is -0.491 e. The first-order valence-electron chi connectivity index (χ1n) is 14.6. The molecule has 228 valence electrons. The number of aryl methyl sites for hydroxylation is 1. The van der Waals surface area contributed by atoms with Crippen LogP contribution in [0.4, 0.5) is 10.6 Å². The molecule has 3 aromatic rings. The van der Waals surface area contributed by atoms with Crippen LogP contribution in [0.2, 0.25) is 5.02 Å². The van der Waals surface area contributed by atoms with Crippen LogP contribution in [0.1, 0.15) is 49.4 Å². The molecule has 1 N–H and O–H groups in total. The second kappa shape index (κ2) is 12.4. The van der Waals surface area contributed by atoms with Crippen molar-refractivity contribution in [3.8, 4) is 34.6 Å². The zero-order valence-electron chi connectivity index (χ0n) is 25.4. The van der Waals surface area contributed by atoms with Gasteiger partial charge in [-0.05, 0) is 51.3 Å². The van der Waals surface area contributed by atoms with Crippen LogP contribution in [-0.4, -0.2) is 81.8 Å². The van der Waals surface area contributed by atoms with E-state index in [9.17, 15) is 15.2 Å². The molecule has 5 rings (SSSR count). The second-order valence-corrected chi connectivity index (χ2v) is 12.0. The van der Waals surface area contributed by atoms with Crippen LogP contribution in [0.5, 0.6) is 5.75 Å². The molecule has 2 aromatic heterocycles. The van der Waals surface area contributed by atoms with Gasteiger partial charge in [0, 0.05) is 55.3 Å². The van der Waals surface area contributed by atoms with Gasteiger partial charge in [-0.25, -0.2) is 14.8 Å². The summed E-state index contributed by atoms with van der Waals surface area (Å²) < 4.78 is 12.5. The molecule has 0 radical (unpaired) electrons. The first kappa shape index (κ1) is 30.6. The van der Waals surface area contributed by atoms with Crippen molar-refractivity contribution in [3.05, 3.63) is 40.0 Å². The number of rotatable bonds is 8. The summed E-state index contributed by atoms with van der Waals surface area (Å²) in [5.74, 6) is 1.78. The summed E-state index contributed by atoms with van der Waals surface area (Å²) in [4.78, 5) is 26.1. The van der Waals surface area contributed by atoms with E-state index in [1.165, 1.54) is 7.11 Å². The number of methoxy groups -OCH3 is 1. The van der Waals surface area contributed by atoms with Crippen molar-refractivity contribution >= 4 is 23.5 Å². The van der Waals surface area contributed by atoms with Gasteiger partial charge in [0.2, 0.25) is 0 Å². The van der Waals surface area contributed by atoms with Gasteiger partial charge in [-0.3, -0.25) is 4.68 Å². The number of halogens is 1. The number of piperidine rings is 1. The number of nitrogens with zero attached hydrogens (tertiary/aromatic N) is 7. The number of hydrogen-bond acceptors (Lipinski definition) is 9. The molecular weight excluding hydrogens is 570 g/mol. The van der Waals surface area contributed by atoms with Crippen LogP contribution >= 0.6 is 11.6 Å². The highest BCUT2D eigenvalue weighted by atomic mass is 35.5. The molecular formula is C31H38ClN7O4. The van der Waals surface area contributed by atoms with Crippen molar-refractivity contribution in [2.24, 2.45) is 12.5 Å². The lowest BCUT2D eigenvalue weighted by Gasteiger charge is -2.54. The average molecular weight is 608 g/mol. The van der Waals surface area contributed by atoms with E-state index in [4.69, 9.17) is 31.0 Å². The summed E-state index contributed by atoms with van der Waals surface area (Å²) in [5, 5.41) is 24.7. The molecule has 4 heterocycles. The van der Waals surface area contributed by atoms with E-state index in [0.29, 0.717) is 53.1 Å². The number of aliphatic hydroxyl groups excluding tert-OH is 1. The van der Waals surface area contributed by atoms with Gasteiger partial charge in [0.1, 0.15) is 24.2 Å². The van der Waals surface area contributed by atoms with Crippen molar-refractivity contribution in [3.63, 3.8) is 0 Å². The van der Waals surface area contributed by atoms with E-state index in [2.05, 4.69) is 16.1 Å². The lowest BCUT2D eigenvalue weighted by Crippen LogP contribution is -2.61. The number of hydrogen-bond donors (Lipinski definition) is 1. The summed E-state index contributed by atoms with van der Waals surface area (Å²) in [7, 11) is 3.22. The fourth-order valence-corrected chi connectivity index (χ4v) is 6.33. The van der Waals surface area contributed by atoms with Crippen LogP contribution in [-0.2, 0) is 11.8 Å². The molecule has 1 amide bonds. The van der Waals surface area contributed by atoms with E-state index < -0.39 is 6.10 Å². The summed E-state index contributed by atoms with van der Waals surface area (Å²) in [6.45, 7) is 9.00. The number of likely N-dealkylation sites (tertiary alicyclic amines) is 1. The molecule has 43 heavy (non-hydrogen) atoms. The maximum absolute atomic E-state index is 12.0. The topological polar surface area (TPSA) is 130 Å². The average Bonchev–Trinajstić information content (AvgIpc) is 3.28. The molecule has 1 aromatic carbocycles. The molecule has 1 spiro atoms. The first-order valence-corrected chi connectivity index (χ1v) is 15.0. The Morgan fingerprint density at radius 3 is 2.56 bits per heavy atom. The van der Waals surface area contributed by atoms with Gasteiger partial charge >= 0.3 is 6.09 Å². The SMILES string of the molecule is CCC[C@@H](O)COc1ccc(Cl)c(-c2nc(-c3c(C)c(C#N)nn3C)c(C)c(N3CC4(CCN(C(=O)OC)CC4)C3)n2)c1. The van der Waals surface area contributed by atoms with Crippen LogP contribution in [0.15, 0.2) is 18.2 Å². The van der Waals surface area contributed by atoms with E-state index in [0.717, 1.165) is 55.0 Å². The maximum Gasteiger partial charge on any atom is 0.409 e. The van der Waals surface area contributed by atoms with E-state index in [-0.39, 0.29) is 18.1 Å². The standard InChI is InChI=1S/C31H38ClN7O4/c1-6-7-21(40)16-43-22-8-9-24(32)23(14-22)28-34-26(27-19(2)25(15-33)36-37(27)4)20(3)29(35-28)39-17-31(18-39)10-12-38(13-11-31)30(41)42-5/h8-9,14,21,40H,6-7,10-13,16-18H2,1-5H3/t21-/m1/s1. The maximum atomic E-state index is 12.0. The van der Waals surface area contributed by atoms with E-state index in [1.807, 2.05) is 20.8 Å². The largest absolute Gasteiger partial charge is 0.491 e. The smallest absolute Gasteiger partial charge is 0.409 e. The number of aliphatic hydroxyl groups is 1. The summed E-state index contributed by atoms with van der Waals surface area (Å²) in [5.41, 5.74) is 4.10. The number of nitriles is 1. The van der Waals surface area contributed by atoms with Crippen molar-refractivity contribution in [2.75, 3.05) is 44.8 Å². The van der Waals surface area contributed by atoms with Gasteiger partial charge in [-0.15, -0.1) is 0 Å². The molecule has 0 unspecified atom stereocenters. The van der Waals surface area contributed by atoms with Crippen molar-refractivity contribution < 1.29 is 19.4 Å². The Balaban J connectivity index is 1.52. The van der Waals surface area contributed by atoms with Gasteiger partial charge in [-0.1, -0.05) is 24.9 Å².